The summed E-state index contributed by atoms with van der Waals surface area (Å²) in [5.41, 5.74) is 7.41. The molecule has 0 saturated heterocycles. The lowest BCUT2D eigenvalue weighted by molar-refractivity contribution is 0.102. The number of hydrogen-bond acceptors (Lipinski definition) is 3. The van der Waals surface area contributed by atoms with Gasteiger partial charge in [-0.25, -0.2) is 4.39 Å². The Hall–Kier alpha value is -2.56. The van der Waals surface area contributed by atoms with E-state index in [0.29, 0.717) is 22.6 Å². The highest BCUT2D eigenvalue weighted by atomic mass is 19.1. The zero-order valence-corrected chi connectivity index (χ0v) is 11.2. The van der Waals surface area contributed by atoms with Gasteiger partial charge in [0.1, 0.15) is 11.6 Å². The van der Waals surface area contributed by atoms with Crippen LogP contribution in [0.25, 0.3) is 0 Å². The van der Waals surface area contributed by atoms with Crippen LogP contribution in [0.1, 0.15) is 15.9 Å². The van der Waals surface area contributed by atoms with Crippen molar-refractivity contribution in [3.8, 4) is 5.75 Å². The summed E-state index contributed by atoms with van der Waals surface area (Å²) in [5.74, 6) is -0.478. The van der Waals surface area contributed by atoms with Gasteiger partial charge in [-0.3, -0.25) is 4.79 Å². The predicted molar refractivity (Wildman–Crippen MR) is 76.5 cm³/mol. The van der Waals surface area contributed by atoms with Crippen molar-refractivity contribution < 1.29 is 13.9 Å². The van der Waals surface area contributed by atoms with Gasteiger partial charge in [-0.05, 0) is 36.8 Å². The molecule has 5 heteroatoms. The summed E-state index contributed by atoms with van der Waals surface area (Å²) in [6.07, 6.45) is 0. The van der Waals surface area contributed by atoms with E-state index in [4.69, 9.17) is 10.5 Å². The fourth-order valence-corrected chi connectivity index (χ4v) is 1.82. The Morgan fingerprint density at radius 1 is 1.30 bits per heavy atom. The molecule has 0 unspecified atom stereocenters. The normalized spacial score (nSPS) is 10.2. The van der Waals surface area contributed by atoms with Crippen LogP contribution in [0.15, 0.2) is 36.4 Å². The second-order valence-corrected chi connectivity index (χ2v) is 4.32. The molecule has 0 atom stereocenters. The highest BCUT2D eigenvalue weighted by Gasteiger charge is 2.13. The van der Waals surface area contributed by atoms with Crippen molar-refractivity contribution in [3.63, 3.8) is 0 Å². The molecule has 0 aliphatic heterocycles. The van der Waals surface area contributed by atoms with Crippen LogP contribution in [0.2, 0.25) is 0 Å². The fourth-order valence-electron chi connectivity index (χ4n) is 1.82. The number of ether oxygens (including phenoxy) is 1. The van der Waals surface area contributed by atoms with Crippen molar-refractivity contribution >= 4 is 17.3 Å². The van der Waals surface area contributed by atoms with Gasteiger partial charge in [-0.15, -0.1) is 0 Å². The van der Waals surface area contributed by atoms with Crippen molar-refractivity contribution in [1.29, 1.82) is 0 Å². The van der Waals surface area contributed by atoms with Crippen molar-refractivity contribution in [2.75, 3.05) is 18.2 Å². The Morgan fingerprint density at radius 2 is 2.05 bits per heavy atom. The van der Waals surface area contributed by atoms with E-state index in [1.54, 1.807) is 25.1 Å². The van der Waals surface area contributed by atoms with Crippen LogP contribution >= 0.6 is 0 Å². The molecule has 20 heavy (non-hydrogen) atoms. The molecule has 0 fully saturated rings. The lowest BCUT2D eigenvalue weighted by Crippen LogP contribution is -2.15. The minimum Gasteiger partial charge on any atom is -0.497 e. The van der Waals surface area contributed by atoms with E-state index in [1.807, 2.05) is 0 Å². The van der Waals surface area contributed by atoms with Gasteiger partial charge in [-0.1, -0.05) is 6.07 Å². The Kier molecular flexibility index (Phi) is 3.89. The van der Waals surface area contributed by atoms with Crippen molar-refractivity contribution in [3.05, 3.63) is 53.3 Å². The Labute approximate surface area is 116 Å². The van der Waals surface area contributed by atoms with Crippen molar-refractivity contribution in [2.45, 2.75) is 6.92 Å². The topological polar surface area (TPSA) is 64.3 Å². The van der Waals surface area contributed by atoms with Crippen LogP contribution in [0.3, 0.4) is 0 Å². The maximum Gasteiger partial charge on any atom is 0.256 e. The van der Waals surface area contributed by atoms with Gasteiger partial charge in [0.2, 0.25) is 0 Å². The first-order chi connectivity index (χ1) is 9.52. The van der Waals surface area contributed by atoms with E-state index in [2.05, 4.69) is 5.32 Å². The number of carbonyl (C=O) groups is 1. The second-order valence-electron chi connectivity index (χ2n) is 4.32. The molecule has 104 valence electrons. The maximum atomic E-state index is 13.7. The zero-order valence-electron chi connectivity index (χ0n) is 11.2. The summed E-state index contributed by atoms with van der Waals surface area (Å²) in [6, 6.07) is 9.17. The van der Waals surface area contributed by atoms with Crippen LogP contribution < -0.4 is 15.8 Å². The molecule has 2 aromatic carbocycles. The third-order valence-electron chi connectivity index (χ3n) is 3.04. The number of amides is 1. The molecule has 0 bridgehead atoms. The number of benzene rings is 2. The van der Waals surface area contributed by atoms with Crippen LogP contribution in [0.4, 0.5) is 15.8 Å². The molecule has 0 heterocycles. The number of rotatable bonds is 3. The fraction of sp³-hybridized carbons (Fsp3) is 0.133. The van der Waals surface area contributed by atoms with Gasteiger partial charge in [0.25, 0.3) is 5.91 Å². The molecule has 0 aliphatic carbocycles. The number of nitrogen functional groups attached to an aromatic ring is 1. The number of nitrogens with two attached hydrogens (primary N) is 1. The van der Waals surface area contributed by atoms with E-state index < -0.39 is 11.7 Å². The molecule has 0 aliphatic rings. The van der Waals surface area contributed by atoms with Gasteiger partial charge in [0, 0.05) is 17.3 Å². The maximum absolute atomic E-state index is 13.7. The average molecular weight is 274 g/mol. The summed E-state index contributed by atoms with van der Waals surface area (Å²) in [4.78, 5) is 12.2. The molecule has 0 spiro atoms. The van der Waals surface area contributed by atoms with Gasteiger partial charge in [0.15, 0.2) is 0 Å². The summed E-state index contributed by atoms with van der Waals surface area (Å²) in [6.45, 7) is 1.74. The third-order valence-corrected chi connectivity index (χ3v) is 3.04. The Morgan fingerprint density at radius 3 is 2.75 bits per heavy atom. The van der Waals surface area contributed by atoms with E-state index in [9.17, 15) is 9.18 Å². The summed E-state index contributed by atoms with van der Waals surface area (Å²) in [7, 11) is 1.47. The summed E-state index contributed by atoms with van der Waals surface area (Å²) >= 11 is 0. The quantitative estimate of drug-likeness (QED) is 0.846. The molecule has 1 amide bonds. The number of anilines is 2. The van der Waals surface area contributed by atoms with E-state index >= 15 is 0 Å². The minimum atomic E-state index is -0.527. The van der Waals surface area contributed by atoms with Gasteiger partial charge < -0.3 is 15.8 Å². The van der Waals surface area contributed by atoms with Crippen LogP contribution in [0, 0.1) is 12.7 Å². The van der Waals surface area contributed by atoms with Crippen LogP contribution in [-0.4, -0.2) is 13.0 Å². The first-order valence-electron chi connectivity index (χ1n) is 6.03. The molecule has 2 rings (SSSR count). The predicted octanol–water partition coefficient (Wildman–Crippen LogP) is 2.98. The molecule has 0 saturated carbocycles. The molecular weight excluding hydrogens is 259 g/mol. The highest BCUT2D eigenvalue weighted by molar-refractivity contribution is 6.06. The third kappa shape index (κ3) is 2.71. The SMILES string of the molecule is COc1ccc(F)c(NC(=O)c2cccc(N)c2C)c1. The smallest absolute Gasteiger partial charge is 0.256 e. The van der Waals surface area contributed by atoms with Crippen molar-refractivity contribution in [1.82, 2.24) is 0 Å². The summed E-state index contributed by atoms with van der Waals surface area (Å²) < 4.78 is 18.7. The number of methoxy groups -OCH3 is 1. The van der Waals surface area contributed by atoms with Crippen LogP contribution in [-0.2, 0) is 0 Å². The first kappa shape index (κ1) is 13.9. The van der Waals surface area contributed by atoms with E-state index in [-0.39, 0.29) is 5.69 Å². The first-order valence-corrected chi connectivity index (χ1v) is 6.03. The molecule has 0 radical (unpaired) electrons. The summed E-state index contributed by atoms with van der Waals surface area (Å²) in [5, 5.41) is 2.52. The second kappa shape index (κ2) is 5.61. The number of carbonyl (C=O) groups excluding carboxylic acids is 1. The van der Waals surface area contributed by atoms with Gasteiger partial charge in [0.05, 0.1) is 12.8 Å². The Bertz CT molecular complexity index is 656. The van der Waals surface area contributed by atoms with E-state index in [1.165, 1.54) is 25.3 Å². The van der Waals surface area contributed by atoms with Gasteiger partial charge >= 0.3 is 0 Å². The number of hydrogen-bond donors (Lipinski definition) is 2. The largest absolute Gasteiger partial charge is 0.497 e. The average Bonchev–Trinajstić information content (AvgIpc) is 2.44. The van der Waals surface area contributed by atoms with E-state index in [0.717, 1.165) is 0 Å². The monoisotopic (exact) mass is 274 g/mol. The minimum absolute atomic E-state index is 0.0659. The lowest BCUT2D eigenvalue weighted by Gasteiger charge is -2.11. The molecular formula is C15H15FN2O2. The standard InChI is InChI=1S/C15H15FN2O2/c1-9-11(4-3-5-13(9)17)15(19)18-14-8-10(20-2)6-7-12(14)16/h3-8H,17H2,1-2H3,(H,18,19). The molecule has 3 N–H and O–H groups in total. The number of nitrogens with one attached hydrogen (secondary N) is 1. The molecule has 4 nitrogen and oxygen atoms in total. The van der Waals surface area contributed by atoms with Crippen LogP contribution in [0.5, 0.6) is 5.75 Å². The zero-order chi connectivity index (χ0) is 14.7. The molecule has 0 aromatic heterocycles. The molecule has 2 aromatic rings. The van der Waals surface area contributed by atoms with Gasteiger partial charge in [-0.2, -0.15) is 0 Å². The lowest BCUT2D eigenvalue weighted by atomic mass is 10.1. The Balaban J connectivity index is 2.30. The number of halogens is 1. The van der Waals surface area contributed by atoms with Crippen molar-refractivity contribution in [2.24, 2.45) is 0 Å². The highest BCUT2D eigenvalue weighted by Crippen LogP contribution is 2.23.